The number of methoxy groups -OCH3 is 1. The number of anilines is 1. The van der Waals surface area contributed by atoms with Gasteiger partial charge in [0.15, 0.2) is 11.6 Å². The number of nitrogens with zero attached hydrogens (tertiary/aromatic N) is 2. The van der Waals surface area contributed by atoms with Crippen LogP contribution in [-0.4, -0.2) is 48.4 Å². The first-order valence-electron chi connectivity index (χ1n) is 11.9. The van der Waals surface area contributed by atoms with Gasteiger partial charge < -0.3 is 20.1 Å². The van der Waals surface area contributed by atoms with Crippen LogP contribution in [0.4, 0.5) is 23.2 Å². The van der Waals surface area contributed by atoms with Crippen molar-refractivity contribution in [3.8, 4) is 17.0 Å². The number of piperidine rings is 1. The molecule has 1 aliphatic heterocycles. The molecule has 0 saturated carbocycles. The van der Waals surface area contributed by atoms with E-state index in [1.54, 1.807) is 6.07 Å². The Morgan fingerprint density at radius 1 is 1.16 bits per heavy atom. The molecule has 2 N–H and O–H groups in total. The number of rotatable bonds is 9. The molecule has 2 atom stereocenters. The van der Waals surface area contributed by atoms with E-state index in [4.69, 9.17) is 16.3 Å². The molecule has 1 aliphatic rings. The van der Waals surface area contributed by atoms with Crippen molar-refractivity contribution in [3.63, 3.8) is 0 Å². The molecule has 0 spiro atoms. The number of nitrogens with one attached hydrogen (secondary N) is 1. The second kappa shape index (κ2) is 11.7. The highest BCUT2D eigenvalue weighted by Crippen LogP contribution is 2.35. The fraction of sp³-hybridized carbons (Fsp3) is 0.370. The Bertz CT molecular complexity index is 1220. The molecule has 0 aliphatic carbocycles. The summed E-state index contributed by atoms with van der Waals surface area (Å²) in [5.41, 5.74) is 0.906. The summed E-state index contributed by atoms with van der Waals surface area (Å²) in [7, 11) is 1.24. The predicted octanol–water partition coefficient (Wildman–Crippen LogP) is 5.53. The average Bonchev–Trinajstić information content (AvgIpc) is 2.92. The van der Waals surface area contributed by atoms with E-state index < -0.39 is 29.7 Å². The lowest BCUT2D eigenvalue weighted by Gasteiger charge is -2.47. The summed E-state index contributed by atoms with van der Waals surface area (Å²) in [4.78, 5) is 6.19. The number of aromatic nitrogens is 1. The van der Waals surface area contributed by atoms with E-state index >= 15 is 0 Å². The highest BCUT2D eigenvalue weighted by Gasteiger charge is 2.46. The molecule has 1 saturated heterocycles. The molecule has 0 bridgehead atoms. The van der Waals surface area contributed by atoms with E-state index in [0.29, 0.717) is 37.2 Å². The van der Waals surface area contributed by atoms with Crippen molar-refractivity contribution in [2.75, 3.05) is 25.1 Å². The second-order valence-corrected chi connectivity index (χ2v) is 9.37. The molecule has 1 fully saturated rings. The van der Waals surface area contributed by atoms with Gasteiger partial charge in [-0.15, -0.1) is 11.6 Å². The molecule has 37 heavy (non-hydrogen) atoms. The minimum absolute atomic E-state index is 0.0312. The number of benzene rings is 2. The number of alkyl halides is 3. The summed E-state index contributed by atoms with van der Waals surface area (Å²) in [6, 6.07) is 12.9. The fourth-order valence-corrected chi connectivity index (χ4v) is 5.02. The number of hydrogen-bond donors (Lipinski definition) is 2. The highest BCUT2D eigenvalue weighted by molar-refractivity contribution is 6.17. The lowest BCUT2D eigenvalue weighted by atomic mass is 9.83. The quantitative estimate of drug-likeness (QED) is 0.278. The minimum atomic E-state index is -2.94. The average molecular weight is 538 g/mol. The van der Waals surface area contributed by atoms with Gasteiger partial charge in [-0.2, -0.15) is 0 Å². The zero-order valence-electron chi connectivity index (χ0n) is 20.2. The van der Waals surface area contributed by atoms with Crippen LogP contribution in [0.2, 0.25) is 0 Å². The molecule has 0 radical (unpaired) electrons. The second-order valence-electron chi connectivity index (χ2n) is 9.10. The lowest BCUT2D eigenvalue weighted by Crippen LogP contribution is -2.65. The highest BCUT2D eigenvalue weighted by atomic mass is 35.5. The van der Waals surface area contributed by atoms with Crippen LogP contribution >= 0.6 is 11.6 Å². The summed E-state index contributed by atoms with van der Waals surface area (Å²) < 4.78 is 61.3. The lowest BCUT2D eigenvalue weighted by molar-refractivity contribution is -0.0657. The van der Waals surface area contributed by atoms with E-state index in [9.17, 15) is 22.7 Å². The standard InChI is InChI=1S/C27H28ClF4N3O2/c1-37-24-12-20(29)19(11-21(24)30)22-10-18(13-28)23(15-33-22)35-9-5-8-27(16-35,25(36)26(31)32)34-14-17-6-3-2-4-7-17/h2-4,6-7,10-12,15,25-26,34,36H,5,8-9,13-14,16H2,1H3/t25-,27-/m1/s1. The number of halogens is 5. The Morgan fingerprint density at radius 2 is 1.92 bits per heavy atom. The summed E-state index contributed by atoms with van der Waals surface area (Å²) in [5, 5.41) is 13.8. The van der Waals surface area contributed by atoms with Crippen molar-refractivity contribution < 1.29 is 27.4 Å². The van der Waals surface area contributed by atoms with E-state index in [2.05, 4.69) is 10.3 Å². The van der Waals surface area contributed by atoms with Crippen molar-refractivity contribution >= 4 is 17.3 Å². The van der Waals surface area contributed by atoms with Gasteiger partial charge in [-0.1, -0.05) is 30.3 Å². The largest absolute Gasteiger partial charge is 0.494 e. The molecule has 4 rings (SSSR count). The first kappa shape index (κ1) is 27.2. The van der Waals surface area contributed by atoms with Crippen molar-refractivity contribution in [1.82, 2.24) is 10.3 Å². The Labute approximate surface area is 218 Å². The van der Waals surface area contributed by atoms with Crippen LogP contribution in [0, 0.1) is 11.6 Å². The molecular formula is C27H28ClF4N3O2. The summed E-state index contributed by atoms with van der Waals surface area (Å²) in [6.45, 7) is 0.920. The fourth-order valence-electron chi connectivity index (χ4n) is 4.81. The predicted molar refractivity (Wildman–Crippen MR) is 135 cm³/mol. The van der Waals surface area contributed by atoms with E-state index in [-0.39, 0.29) is 29.4 Å². The number of hydrogen-bond acceptors (Lipinski definition) is 5. The molecule has 0 amide bonds. The maximum absolute atomic E-state index is 14.6. The van der Waals surface area contributed by atoms with Crippen LogP contribution in [0.1, 0.15) is 24.0 Å². The molecule has 2 aromatic carbocycles. The number of pyridine rings is 1. The molecule has 5 nitrogen and oxygen atoms in total. The van der Waals surface area contributed by atoms with Crippen LogP contribution in [0.25, 0.3) is 11.3 Å². The number of ether oxygens (including phenoxy) is 1. The van der Waals surface area contributed by atoms with Crippen LogP contribution in [0.3, 0.4) is 0 Å². The van der Waals surface area contributed by atoms with Gasteiger partial charge in [-0.05, 0) is 36.1 Å². The minimum Gasteiger partial charge on any atom is -0.494 e. The van der Waals surface area contributed by atoms with Crippen molar-refractivity contribution in [3.05, 3.63) is 77.5 Å². The molecule has 0 unspecified atom stereocenters. The van der Waals surface area contributed by atoms with Gasteiger partial charge in [0.25, 0.3) is 6.43 Å². The van der Waals surface area contributed by atoms with Gasteiger partial charge in [-0.3, -0.25) is 4.98 Å². The monoisotopic (exact) mass is 537 g/mol. The van der Waals surface area contributed by atoms with E-state index in [1.807, 2.05) is 35.2 Å². The van der Waals surface area contributed by atoms with Gasteiger partial charge in [0.05, 0.1) is 30.2 Å². The van der Waals surface area contributed by atoms with Crippen LogP contribution in [0.5, 0.6) is 5.75 Å². The normalized spacial score (nSPS) is 18.8. The smallest absolute Gasteiger partial charge is 0.265 e. The third kappa shape index (κ3) is 5.84. The van der Waals surface area contributed by atoms with Gasteiger partial charge in [-0.25, -0.2) is 17.6 Å². The Hall–Kier alpha value is -2.88. The van der Waals surface area contributed by atoms with E-state index in [0.717, 1.165) is 17.7 Å². The van der Waals surface area contributed by atoms with Crippen LogP contribution in [0.15, 0.2) is 54.7 Å². The zero-order chi connectivity index (χ0) is 26.6. The maximum atomic E-state index is 14.6. The summed E-state index contributed by atoms with van der Waals surface area (Å²) >= 11 is 6.23. The summed E-state index contributed by atoms with van der Waals surface area (Å²) in [5.74, 6) is -1.63. The van der Waals surface area contributed by atoms with Gasteiger partial charge >= 0.3 is 0 Å². The third-order valence-corrected chi connectivity index (χ3v) is 7.07. The van der Waals surface area contributed by atoms with Gasteiger partial charge in [0, 0.05) is 37.1 Å². The Morgan fingerprint density at radius 3 is 2.59 bits per heavy atom. The van der Waals surface area contributed by atoms with Crippen molar-refractivity contribution in [1.29, 1.82) is 0 Å². The maximum Gasteiger partial charge on any atom is 0.265 e. The SMILES string of the molecule is COc1cc(F)c(-c2cc(CCl)c(N3CCC[C@](NCc4ccccc4)([C@H](O)C(F)F)C3)cn2)cc1F. The first-order valence-corrected chi connectivity index (χ1v) is 12.4. The third-order valence-electron chi connectivity index (χ3n) is 6.78. The number of aliphatic hydroxyl groups excluding tert-OH is 1. The first-order chi connectivity index (χ1) is 17.8. The van der Waals surface area contributed by atoms with Gasteiger partial charge in [0.1, 0.15) is 11.9 Å². The van der Waals surface area contributed by atoms with Crippen molar-refractivity contribution in [2.45, 2.75) is 43.3 Å². The zero-order valence-corrected chi connectivity index (χ0v) is 21.0. The van der Waals surface area contributed by atoms with Crippen molar-refractivity contribution in [2.24, 2.45) is 0 Å². The van der Waals surface area contributed by atoms with Gasteiger partial charge in [0.2, 0.25) is 0 Å². The topological polar surface area (TPSA) is 57.6 Å². The van der Waals surface area contributed by atoms with Crippen LogP contribution in [-0.2, 0) is 12.4 Å². The van der Waals surface area contributed by atoms with Crippen LogP contribution < -0.4 is 15.0 Å². The Balaban J connectivity index is 1.64. The van der Waals surface area contributed by atoms with E-state index in [1.165, 1.54) is 13.3 Å². The molecule has 198 valence electrons. The number of aliphatic hydroxyl groups is 1. The molecule has 2 heterocycles. The summed E-state index contributed by atoms with van der Waals surface area (Å²) in [6.07, 6.45) is -2.48. The molecular weight excluding hydrogens is 510 g/mol. The molecule has 10 heteroatoms. The molecule has 1 aromatic heterocycles. The molecule has 3 aromatic rings. The Kier molecular flexibility index (Phi) is 8.56.